The number of hydrogen-bond acceptors (Lipinski definition) is 6. The van der Waals surface area contributed by atoms with Gasteiger partial charge >= 0.3 is 5.97 Å². The average Bonchev–Trinajstić information content (AvgIpc) is 3.46. The summed E-state index contributed by atoms with van der Waals surface area (Å²) in [6.07, 6.45) is 9.57. The highest BCUT2D eigenvalue weighted by Gasteiger charge is 2.47. The van der Waals surface area contributed by atoms with Crippen molar-refractivity contribution >= 4 is 35.2 Å². The number of nitrogens with one attached hydrogen (secondary N) is 2. The van der Waals surface area contributed by atoms with Gasteiger partial charge in [-0.05, 0) is 48.7 Å². The number of carbonyl (C=O) groups is 1. The molecule has 0 saturated heterocycles. The van der Waals surface area contributed by atoms with Crippen LogP contribution in [0.4, 0.5) is 14.6 Å². The summed E-state index contributed by atoms with van der Waals surface area (Å²) in [5.41, 5.74) is 1.03. The van der Waals surface area contributed by atoms with Gasteiger partial charge in [0.25, 0.3) is 0 Å². The van der Waals surface area contributed by atoms with Crippen LogP contribution in [0.5, 0.6) is 0 Å². The maximum Gasteiger partial charge on any atom is 0.308 e. The lowest BCUT2D eigenvalue weighted by atomic mass is 9.61. The second-order valence-electron chi connectivity index (χ2n) is 9.57. The molecule has 2 bridgehead atoms. The number of aromatic amines is 1. The predicted octanol–water partition coefficient (Wildman–Crippen LogP) is 3.40. The van der Waals surface area contributed by atoms with Gasteiger partial charge in [-0.2, -0.15) is 0 Å². The Labute approximate surface area is 199 Å². The van der Waals surface area contributed by atoms with Crippen LogP contribution in [0.1, 0.15) is 37.3 Å². The van der Waals surface area contributed by atoms with Crippen molar-refractivity contribution in [2.45, 2.75) is 37.6 Å². The summed E-state index contributed by atoms with van der Waals surface area (Å²) in [4.78, 5) is 28.2. The Morgan fingerprint density at radius 1 is 1.20 bits per heavy atom. The molecule has 180 valence electrons. The Bertz CT molecular complexity index is 1390. The lowest BCUT2D eigenvalue weighted by Gasteiger charge is -2.47. The van der Waals surface area contributed by atoms with Crippen LogP contribution >= 0.6 is 0 Å². The van der Waals surface area contributed by atoms with Gasteiger partial charge in [0, 0.05) is 23.2 Å². The normalized spacial score (nSPS) is 27.4. The molecule has 3 aromatic rings. The number of anilines is 1. The molecule has 11 heteroatoms. The molecular formula is C24H24F2N7O2+. The summed E-state index contributed by atoms with van der Waals surface area (Å²) in [6, 6.07) is 0.890. The van der Waals surface area contributed by atoms with Crippen LogP contribution in [0.3, 0.4) is 0 Å². The summed E-state index contributed by atoms with van der Waals surface area (Å²) >= 11 is 0. The number of halogens is 2. The topological polar surface area (TPSA) is 119 Å². The first-order valence-corrected chi connectivity index (χ1v) is 11.7. The molecule has 3 saturated carbocycles. The van der Waals surface area contributed by atoms with Crippen LogP contribution in [0, 0.1) is 29.4 Å². The maximum atomic E-state index is 15.9. The van der Waals surface area contributed by atoms with Gasteiger partial charge in [-0.25, -0.2) is 23.7 Å². The Kier molecular flexibility index (Phi) is 5.08. The van der Waals surface area contributed by atoms with Crippen LogP contribution in [-0.2, 0) is 4.79 Å². The Morgan fingerprint density at radius 2 is 1.97 bits per heavy atom. The van der Waals surface area contributed by atoms with E-state index in [0.29, 0.717) is 16.6 Å². The molecule has 3 N–H and O–H groups in total. The third-order valence-electron chi connectivity index (χ3n) is 7.52. The van der Waals surface area contributed by atoms with E-state index in [0.717, 1.165) is 31.9 Å². The number of hydrazone groups is 1. The number of carboxylic acid groups (broad SMARTS) is 1. The quantitative estimate of drug-likeness (QED) is 0.482. The summed E-state index contributed by atoms with van der Waals surface area (Å²) in [7, 11) is 1.74. The second-order valence-corrected chi connectivity index (χ2v) is 9.57. The number of pyridine rings is 1. The van der Waals surface area contributed by atoms with Crippen molar-refractivity contribution in [3.63, 3.8) is 0 Å². The first kappa shape index (κ1) is 21.8. The first-order chi connectivity index (χ1) is 16.9. The summed E-state index contributed by atoms with van der Waals surface area (Å²) in [5, 5.41) is 17.7. The smallest absolute Gasteiger partial charge is 0.308 e. The number of aromatic nitrogens is 4. The summed E-state index contributed by atoms with van der Waals surface area (Å²) < 4.78 is 31.4. The lowest BCUT2D eigenvalue weighted by molar-refractivity contribution is -0.494. The molecule has 3 aliphatic carbocycles. The molecule has 3 unspecified atom stereocenters. The molecule has 0 spiro atoms. The minimum atomic E-state index is -0.872. The van der Waals surface area contributed by atoms with E-state index in [1.165, 1.54) is 6.07 Å². The Morgan fingerprint density at radius 3 is 2.69 bits per heavy atom. The van der Waals surface area contributed by atoms with E-state index in [2.05, 4.69) is 30.4 Å². The van der Waals surface area contributed by atoms with E-state index in [9.17, 15) is 14.3 Å². The standard InChI is InChI=1S/C24H23F2N7O2/c1-33-10-13(7-29-33)20-18(26)23(30-19-12-4-2-11(3-5-12)17(19)24(34)35)32-22(31-20)16-9-28-21-15(16)6-14(25)8-27-21/h6-13,17,19H,2-5H2,1H3,(H2-,27,28,30,31,32,34,35)/p+1. The van der Waals surface area contributed by atoms with Crippen molar-refractivity contribution < 1.29 is 23.4 Å². The van der Waals surface area contributed by atoms with E-state index in [1.807, 2.05) is 0 Å². The fourth-order valence-electron chi connectivity index (χ4n) is 5.86. The van der Waals surface area contributed by atoms with Gasteiger partial charge in [0.15, 0.2) is 30.7 Å². The van der Waals surface area contributed by atoms with Crippen LogP contribution in [-0.4, -0.2) is 61.2 Å². The molecule has 9 nitrogen and oxygen atoms in total. The van der Waals surface area contributed by atoms with Crippen molar-refractivity contribution in [1.29, 1.82) is 0 Å². The molecule has 3 fully saturated rings. The van der Waals surface area contributed by atoms with E-state index in [1.54, 1.807) is 30.4 Å². The first-order valence-electron chi connectivity index (χ1n) is 11.7. The zero-order valence-corrected chi connectivity index (χ0v) is 18.9. The van der Waals surface area contributed by atoms with Crippen LogP contribution in [0.25, 0.3) is 22.4 Å². The van der Waals surface area contributed by atoms with Crippen LogP contribution in [0.15, 0.2) is 23.6 Å². The molecule has 7 rings (SSSR count). The maximum absolute atomic E-state index is 15.9. The number of carboxylic acids is 1. The highest BCUT2D eigenvalue weighted by atomic mass is 19.1. The number of rotatable bonds is 5. The fourth-order valence-corrected chi connectivity index (χ4v) is 5.86. The van der Waals surface area contributed by atoms with Gasteiger partial charge in [-0.15, -0.1) is 0 Å². The molecule has 35 heavy (non-hydrogen) atoms. The predicted molar refractivity (Wildman–Crippen MR) is 125 cm³/mol. The number of aliphatic carboxylic acids is 1. The van der Waals surface area contributed by atoms with Gasteiger partial charge < -0.3 is 15.4 Å². The SMILES string of the molecule is C[N+]1=CC(c2nc(-c3c[nH]c4ncc(F)cc34)nc(NC3C4CCC(CC4)C3C(=O)O)c2F)C=N1. The number of nitrogens with zero attached hydrogens (tertiary/aromatic N) is 5. The third kappa shape index (κ3) is 3.65. The summed E-state index contributed by atoms with van der Waals surface area (Å²) in [6.45, 7) is 0. The van der Waals surface area contributed by atoms with Gasteiger partial charge in [-0.1, -0.05) is 4.68 Å². The number of hydrogen-bond donors (Lipinski definition) is 3. The van der Waals surface area contributed by atoms with Crippen molar-refractivity contribution in [3.05, 3.63) is 35.8 Å². The zero-order chi connectivity index (χ0) is 24.3. The van der Waals surface area contributed by atoms with E-state index in [-0.39, 0.29) is 29.2 Å². The van der Waals surface area contributed by atoms with Crippen LogP contribution < -0.4 is 5.32 Å². The average molecular weight is 480 g/mol. The largest absolute Gasteiger partial charge is 0.481 e. The van der Waals surface area contributed by atoms with E-state index < -0.39 is 35.5 Å². The molecule has 1 aliphatic heterocycles. The lowest BCUT2D eigenvalue weighted by Crippen LogP contribution is -2.51. The van der Waals surface area contributed by atoms with Gasteiger partial charge in [-0.3, -0.25) is 4.79 Å². The summed E-state index contributed by atoms with van der Waals surface area (Å²) in [5.74, 6) is -2.85. The van der Waals surface area contributed by atoms with E-state index in [4.69, 9.17) is 0 Å². The Balaban J connectivity index is 1.48. The Hall–Kier alpha value is -3.76. The highest BCUT2D eigenvalue weighted by molar-refractivity contribution is 5.93. The molecular weight excluding hydrogens is 456 g/mol. The third-order valence-corrected chi connectivity index (χ3v) is 7.52. The molecule has 4 aliphatic rings. The van der Waals surface area contributed by atoms with Crippen molar-refractivity contribution in [2.75, 3.05) is 12.4 Å². The highest BCUT2D eigenvalue weighted by Crippen LogP contribution is 2.46. The molecule has 3 atom stereocenters. The minimum Gasteiger partial charge on any atom is -0.481 e. The minimum absolute atomic E-state index is 0.0520. The number of H-pyrrole nitrogens is 1. The molecule has 4 heterocycles. The van der Waals surface area contributed by atoms with Crippen LogP contribution in [0.2, 0.25) is 0 Å². The van der Waals surface area contributed by atoms with Crippen molar-refractivity contribution in [2.24, 2.45) is 22.9 Å². The molecule has 3 aromatic heterocycles. The monoisotopic (exact) mass is 480 g/mol. The zero-order valence-electron chi connectivity index (χ0n) is 18.9. The fraction of sp³-hybridized carbons (Fsp3) is 0.417. The van der Waals surface area contributed by atoms with Gasteiger partial charge in [0.2, 0.25) is 0 Å². The van der Waals surface area contributed by atoms with Crippen molar-refractivity contribution in [1.82, 2.24) is 19.9 Å². The van der Waals surface area contributed by atoms with E-state index >= 15 is 4.39 Å². The van der Waals surface area contributed by atoms with Crippen molar-refractivity contribution in [3.8, 4) is 11.4 Å². The van der Waals surface area contributed by atoms with Gasteiger partial charge in [0.05, 0.1) is 18.3 Å². The number of fused-ring (bicyclic) bond motifs is 4. The molecule has 0 aromatic carbocycles. The van der Waals surface area contributed by atoms with Gasteiger partial charge in [0.1, 0.15) is 23.1 Å². The molecule has 0 radical (unpaired) electrons. The molecule has 0 amide bonds. The second kappa shape index (κ2) is 8.17.